The molecule has 0 fully saturated rings. The number of aliphatic hydroxyl groups is 1. The van der Waals surface area contributed by atoms with Gasteiger partial charge in [-0.1, -0.05) is 12.7 Å². The molecule has 13 heavy (non-hydrogen) atoms. The molecular weight excluding hydrogens is 170 g/mol. The number of carbonyl (C=O) groups excluding carboxylic acids is 1. The van der Waals surface area contributed by atoms with Gasteiger partial charge in [0.05, 0.1) is 0 Å². The smallest absolute Gasteiger partial charge is 0.410 e. The summed E-state index contributed by atoms with van der Waals surface area (Å²) in [6, 6.07) is 0. The number of amides is 1. The molecule has 0 aromatic rings. The Balaban J connectivity index is 3.77. The number of nitrogens with zero attached hydrogens (tertiary/aromatic N) is 1. The highest BCUT2D eigenvalue weighted by Crippen LogP contribution is 1.95. The molecule has 0 spiro atoms. The van der Waals surface area contributed by atoms with Crippen LogP contribution in [0.25, 0.3) is 0 Å². The summed E-state index contributed by atoms with van der Waals surface area (Å²) in [6.45, 7) is 6.75. The third kappa shape index (κ3) is 5.25. The molecule has 0 unspecified atom stereocenters. The van der Waals surface area contributed by atoms with Gasteiger partial charge in [0.25, 0.3) is 0 Å². The first-order valence-corrected chi connectivity index (χ1v) is 4.39. The summed E-state index contributed by atoms with van der Waals surface area (Å²) in [5.74, 6) is 0. The summed E-state index contributed by atoms with van der Waals surface area (Å²) >= 11 is 0. The fourth-order valence-electron chi connectivity index (χ4n) is 0.862. The lowest BCUT2D eigenvalue weighted by atomic mass is 10.4. The van der Waals surface area contributed by atoms with E-state index in [0.717, 1.165) is 0 Å². The van der Waals surface area contributed by atoms with Crippen molar-refractivity contribution >= 4 is 6.09 Å². The lowest BCUT2D eigenvalue weighted by Gasteiger charge is -2.19. The molecule has 0 aliphatic rings. The van der Waals surface area contributed by atoms with Crippen LogP contribution >= 0.6 is 0 Å². The topological polar surface area (TPSA) is 49.8 Å². The Hall–Kier alpha value is -1.03. The zero-order chi connectivity index (χ0) is 10.1. The Morgan fingerprint density at radius 2 is 2.38 bits per heavy atom. The summed E-state index contributed by atoms with van der Waals surface area (Å²) in [7, 11) is 0. The van der Waals surface area contributed by atoms with E-state index in [1.807, 2.05) is 6.92 Å². The van der Waals surface area contributed by atoms with Crippen LogP contribution in [0.2, 0.25) is 0 Å². The van der Waals surface area contributed by atoms with E-state index >= 15 is 0 Å². The normalized spacial score (nSPS) is 9.38. The predicted molar refractivity (Wildman–Crippen MR) is 50.5 cm³/mol. The maximum Gasteiger partial charge on any atom is 0.410 e. The Bertz CT molecular complexity index is 159. The lowest BCUT2D eigenvalue weighted by Crippen LogP contribution is -2.32. The fourth-order valence-corrected chi connectivity index (χ4v) is 0.862. The Morgan fingerprint density at radius 1 is 1.69 bits per heavy atom. The van der Waals surface area contributed by atoms with Crippen LogP contribution in [-0.4, -0.2) is 42.4 Å². The van der Waals surface area contributed by atoms with E-state index in [2.05, 4.69) is 6.58 Å². The molecule has 0 aliphatic heterocycles. The van der Waals surface area contributed by atoms with Crippen LogP contribution in [0.5, 0.6) is 0 Å². The average Bonchev–Trinajstić information content (AvgIpc) is 2.16. The van der Waals surface area contributed by atoms with Crippen LogP contribution < -0.4 is 0 Å². The molecule has 1 N–H and O–H groups in total. The number of ether oxygens (including phenoxy) is 1. The number of hydrogen-bond donors (Lipinski definition) is 1. The third-order valence-electron chi connectivity index (χ3n) is 1.55. The van der Waals surface area contributed by atoms with Gasteiger partial charge in [0.1, 0.15) is 6.61 Å². The minimum Gasteiger partial charge on any atom is -0.445 e. The van der Waals surface area contributed by atoms with Crippen LogP contribution in [0.1, 0.15) is 13.3 Å². The van der Waals surface area contributed by atoms with E-state index < -0.39 is 0 Å². The van der Waals surface area contributed by atoms with Gasteiger partial charge in [-0.25, -0.2) is 4.79 Å². The zero-order valence-corrected chi connectivity index (χ0v) is 8.03. The summed E-state index contributed by atoms with van der Waals surface area (Å²) in [5.41, 5.74) is 0. The van der Waals surface area contributed by atoms with Gasteiger partial charge in [-0.2, -0.15) is 0 Å². The molecule has 0 aliphatic carbocycles. The monoisotopic (exact) mass is 187 g/mol. The van der Waals surface area contributed by atoms with Gasteiger partial charge in [0.2, 0.25) is 0 Å². The van der Waals surface area contributed by atoms with Crippen molar-refractivity contribution in [2.45, 2.75) is 13.3 Å². The van der Waals surface area contributed by atoms with E-state index in [0.29, 0.717) is 19.5 Å². The molecule has 76 valence electrons. The average molecular weight is 187 g/mol. The highest BCUT2D eigenvalue weighted by Gasteiger charge is 2.10. The van der Waals surface area contributed by atoms with E-state index in [1.165, 1.54) is 6.08 Å². The van der Waals surface area contributed by atoms with Gasteiger partial charge in [-0.15, -0.1) is 0 Å². The van der Waals surface area contributed by atoms with Gasteiger partial charge in [-0.3, -0.25) is 0 Å². The van der Waals surface area contributed by atoms with E-state index in [1.54, 1.807) is 4.90 Å². The SMILES string of the molecule is C=CCOC(=O)N(CC)CCCO. The number of rotatable bonds is 6. The van der Waals surface area contributed by atoms with Crippen molar-refractivity contribution in [3.63, 3.8) is 0 Å². The Labute approximate surface area is 78.8 Å². The molecule has 0 bridgehead atoms. The van der Waals surface area contributed by atoms with Crippen LogP contribution in [-0.2, 0) is 4.74 Å². The van der Waals surface area contributed by atoms with E-state index in [4.69, 9.17) is 9.84 Å². The van der Waals surface area contributed by atoms with Gasteiger partial charge in [-0.05, 0) is 13.3 Å². The lowest BCUT2D eigenvalue weighted by molar-refractivity contribution is 0.111. The number of carbonyl (C=O) groups is 1. The summed E-state index contributed by atoms with van der Waals surface area (Å²) in [5, 5.41) is 8.57. The first-order chi connectivity index (χ1) is 6.26. The molecular formula is C9H17NO3. The van der Waals surface area contributed by atoms with Gasteiger partial charge >= 0.3 is 6.09 Å². The highest BCUT2D eigenvalue weighted by molar-refractivity contribution is 5.67. The predicted octanol–water partition coefficient (Wildman–Crippen LogP) is 1.01. The number of aliphatic hydroxyl groups excluding tert-OH is 1. The first kappa shape index (κ1) is 12.0. The van der Waals surface area contributed by atoms with E-state index in [-0.39, 0.29) is 19.3 Å². The molecule has 4 nitrogen and oxygen atoms in total. The van der Waals surface area contributed by atoms with Crippen molar-refractivity contribution in [3.05, 3.63) is 12.7 Å². The first-order valence-electron chi connectivity index (χ1n) is 4.39. The van der Waals surface area contributed by atoms with Crippen LogP contribution in [0.4, 0.5) is 4.79 Å². The molecule has 0 heterocycles. The highest BCUT2D eigenvalue weighted by atomic mass is 16.6. The Morgan fingerprint density at radius 3 is 2.85 bits per heavy atom. The van der Waals surface area contributed by atoms with Crippen LogP contribution in [0.3, 0.4) is 0 Å². The Kier molecular flexibility index (Phi) is 7.01. The van der Waals surface area contributed by atoms with Gasteiger partial charge in [0.15, 0.2) is 0 Å². The second-order valence-corrected chi connectivity index (χ2v) is 2.52. The summed E-state index contributed by atoms with van der Waals surface area (Å²) in [6.07, 6.45) is 1.75. The van der Waals surface area contributed by atoms with Crippen LogP contribution in [0.15, 0.2) is 12.7 Å². The van der Waals surface area contributed by atoms with Gasteiger partial charge < -0.3 is 14.7 Å². The summed E-state index contributed by atoms with van der Waals surface area (Å²) in [4.78, 5) is 12.8. The maximum absolute atomic E-state index is 11.2. The number of hydrogen-bond acceptors (Lipinski definition) is 3. The van der Waals surface area contributed by atoms with Crippen molar-refractivity contribution < 1.29 is 14.6 Å². The second-order valence-electron chi connectivity index (χ2n) is 2.52. The molecule has 4 heteroatoms. The van der Waals surface area contributed by atoms with Crippen molar-refractivity contribution in [1.29, 1.82) is 0 Å². The standard InChI is InChI=1S/C9H17NO3/c1-3-8-13-9(12)10(4-2)6-5-7-11/h3,11H,1,4-8H2,2H3. The molecule has 0 saturated heterocycles. The quantitative estimate of drug-likeness (QED) is 0.631. The van der Waals surface area contributed by atoms with Crippen molar-refractivity contribution in [2.75, 3.05) is 26.3 Å². The van der Waals surface area contributed by atoms with Crippen molar-refractivity contribution in [3.8, 4) is 0 Å². The van der Waals surface area contributed by atoms with E-state index in [9.17, 15) is 4.79 Å². The molecule has 1 amide bonds. The molecule has 0 aromatic heterocycles. The minimum absolute atomic E-state index is 0.0885. The van der Waals surface area contributed by atoms with Crippen molar-refractivity contribution in [2.24, 2.45) is 0 Å². The van der Waals surface area contributed by atoms with Crippen molar-refractivity contribution in [1.82, 2.24) is 4.90 Å². The largest absolute Gasteiger partial charge is 0.445 e. The third-order valence-corrected chi connectivity index (χ3v) is 1.55. The molecule has 0 saturated carbocycles. The second kappa shape index (κ2) is 7.61. The van der Waals surface area contributed by atoms with Crippen LogP contribution in [0, 0.1) is 0 Å². The molecule has 0 rings (SSSR count). The summed E-state index contributed by atoms with van der Waals surface area (Å²) < 4.78 is 4.83. The zero-order valence-electron chi connectivity index (χ0n) is 8.03. The molecule has 0 atom stereocenters. The molecule has 0 radical (unpaired) electrons. The fraction of sp³-hybridized carbons (Fsp3) is 0.667. The molecule has 0 aromatic carbocycles. The van der Waals surface area contributed by atoms with Gasteiger partial charge in [0, 0.05) is 19.7 Å². The minimum atomic E-state index is -0.351. The maximum atomic E-state index is 11.2.